The molecule has 1 fully saturated rings. The van der Waals surface area contributed by atoms with Crippen LogP contribution in [-0.2, 0) is 4.79 Å². The molecule has 1 amide bonds. The minimum Gasteiger partial charge on any atom is -0.317 e. The molecule has 0 aliphatic heterocycles. The van der Waals surface area contributed by atoms with E-state index in [1.807, 2.05) is 13.8 Å². The molecule has 20 heavy (non-hydrogen) atoms. The molecule has 3 N–H and O–H groups in total. The Bertz CT molecular complexity index is 655. The van der Waals surface area contributed by atoms with Gasteiger partial charge in [0.2, 0.25) is 11.0 Å². The lowest BCUT2D eigenvalue weighted by atomic mass is 10.1. The van der Waals surface area contributed by atoms with E-state index in [0.717, 1.165) is 23.4 Å². The van der Waals surface area contributed by atoms with Gasteiger partial charge in [-0.25, -0.2) is 0 Å². The summed E-state index contributed by atoms with van der Waals surface area (Å²) >= 11 is 1.37. The second kappa shape index (κ2) is 4.64. The maximum atomic E-state index is 11.9. The van der Waals surface area contributed by atoms with Crippen molar-refractivity contribution in [3.63, 3.8) is 0 Å². The average Bonchev–Trinajstić information content (AvgIpc) is 2.96. The molecule has 2 aromatic rings. The molecule has 1 aliphatic carbocycles. The summed E-state index contributed by atoms with van der Waals surface area (Å²) in [7, 11) is 0. The number of hydrogen-bond donors (Lipinski definition) is 2. The number of nitrogens with one attached hydrogen (secondary N) is 1. The molecule has 0 radical (unpaired) electrons. The molecule has 1 aromatic heterocycles. The molecule has 0 saturated heterocycles. The Kier molecular flexibility index (Phi) is 3.07. The second-order valence-corrected chi connectivity index (χ2v) is 6.38. The van der Waals surface area contributed by atoms with Crippen LogP contribution >= 0.6 is 11.3 Å². The van der Waals surface area contributed by atoms with Crippen LogP contribution in [0.1, 0.15) is 24.0 Å². The van der Waals surface area contributed by atoms with Gasteiger partial charge in [-0.05, 0) is 38.8 Å². The Balaban J connectivity index is 1.81. The number of nitrogens with two attached hydrogens (primary N) is 1. The van der Waals surface area contributed by atoms with Crippen molar-refractivity contribution in [2.24, 2.45) is 5.73 Å². The van der Waals surface area contributed by atoms with Crippen molar-refractivity contribution in [2.45, 2.75) is 32.2 Å². The summed E-state index contributed by atoms with van der Waals surface area (Å²) in [6.07, 6.45) is 1.48. The van der Waals surface area contributed by atoms with Crippen molar-refractivity contribution in [2.75, 3.05) is 5.32 Å². The molecule has 0 spiro atoms. The molecule has 1 aromatic carbocycles. The molecule has 0 atom stereocenters. The Morgan fingerprint density at radius 2 is 1.90 bits per heavy atom. The highest BCUT2D eigenvalue weighted by molar-refractivity contribution is 7.18. The number of nitrogens with zero attached hydrogens (tertiary/aromatic N) is 2. The minimum absolute atomic E-state index is 0.166. The number of amides is 1. The number of carbonyl (C=O) groups excluding carboxylic acids is 1. The molecule has 0 bridgehead atoms. The van der Waals surface area contributed by atoms with Crippen LogP contribution in [0.3, 0.4) is 0 Å². The van der Waals surface area contributed by atoms with Gasteiger partial charge in [-0.15, -0.1) is 10.2 Å². The third kappa shape index (κ3) is 2.57. The quantitative estimate of drug-likeness (QED) is 0.907. The maximum absolute atomic E-state index is 11.9. The molecule has 1 heterocycles. The average molecular weight is 288 g/mol. The summed E-state index contributed by atoms with van der Waals surface area (Å²) in [6.45, 7) is 4.09. The fourth-order valence-corrected chi connectivity index (χ4v) is 2.80. The van der Waals surface area contributed by atoms with Crippen LogP contribution in [0.5, 0.6) is 0 Å². The van der Waals surface area contributed by atoms with E-state index < -0.39 is 5.54 Å². The number of anilines is 1. The molecule has 104 valence electrons. The monoisotopic (exact) mass is 288 g/mol. The minimum atomic E-state index is -0.689. The Morgan fingerprint density at radius 1 is 1.25 bits per heavy atom. The number of benzene rings is 1. The van der Waals surface area contributed by atoms with Gasteiger partial charge in [-0.2, -0.15) is 0 Å². The summed E-state index contributed by atoms with van der Waals surface area (Å²) in [5.41, 5.74) is 8.53. The molecule has 0 unspecified atom stereocenters. The van der Waals surface area contributed by atoms with Crippen LogP contribution in [0.2, 0.25) is 0 Å². The number of carbonyl (C=O) groups is 1. The zero-order valence-electron chi connectivity index (χ0n) is 11.4. The molecule has 5 nitrogen and oxygen atoms in total. The fourth-order valence-electron chi connectivity index (χ4n) is 2.07. The molecule has 1 saturated carbocycles. The van der Waals surface area contributed by atoms with Crippen molar-refractivity contribution >= 4 is 22.4 Å². The van der Waals surface area contributed by atoms with E-state index in [1.165, 1.54) is 22.5 Å². The van der Waals surface area contributed by atoms with E-state index in [4.69, 9.17) is 5.73 Å². The van der Waals surface area contributed by atoms with Crippen LogP contribution < -0.4 is 11.1 Å². The van der Waals surface area contributed by atoms with Gasteiger partial charge < -0.3 is 5.73 Å². The Hall–Kier alpha value is -1.79. The highest BCUT2D eigenvalue weighted by Crippen LogP contribution is 2.34. The summed E-state index contributed by atoms with van der Waals surface area (Å²) in [5, 5.41) is 12.2. The summed E-state index contributed by atoms with van der Waals surface area (Å²) in [4.78, 5) is 11.9. The van der Waals surface area contributed by atoms with Gasteiger partial charge in [0.1, 0.15) is 5.01 Å². The lowest BCUT2D eigenvalue weighted by Crippen LogP contribution is -2.37. The number of hydrogen-bond acceptors (Lipinski definition) is 5. The smallest absolute Gasteiger partial charge is 0.246 e. The molecular formula is C14H16N4OS. The van der Waals surface area contributed by atoms with Gasteiger partial charge in [0.25, 0.3) is 0 Å². The third-order valence-electron chi connectivity index (χ3n) is 3.35. The van der Waals surface area contributed by atoms with E-state index in [1.54, 1.807) is 0 Å². The summed E-state index contributed by atoms with van der Waals surface area (Å²) in [5.74, 6) is -0.166. The predicted molar refractivity (Wildman–Crippen MR) is 79.6 cm³/mol. The first-order chi connectivity index (χ1) is 9.46. The van der Waals surface area contributed by atoms with Gasteiger partial charge in [-0.1, -0.05) is 28.5 Å². The Labute approximate surface area is 121 Å². The number of aromatic nitrogens is 2. The van der Waals surface area contributed by atoms with Crippen molar-refractivity contribution in [3.8, 4) is 10.6 Å². The van der Waals surface area contributed by atoms with Gasteiger partial charge in [0.05, 0.1) is 5.54 Å². The van der Waals surface area contributed by atoms with Crippen LogP contribution in [-0.4, -0.2) is 21.6 Å². The third-order valence-corrected chi connectivity index (χ3v) is 4.24. The van der Waals surface area contributed by atoms with E-state index >= 15 is 0 Å². The largest absolute Gasteiger partial charge is 0.317 e. The first-order valence-electron chi connectivity index (χ1n) is 6.49. The van der Waals surface area contributed by atoms with Crippen LogP contribution in [0.4, 0.5) is 5.13 Å². The van der Waals surface area contributed by atoms with Gasteiger partial charge >= 0.3 is 0 Å². The van der Waals surface area contributed by atoms with Gasteiger partial charge in [0.15, 0.2) is 0 Å². The normalized spacial score (nSPS) is 15.9. The number of aryl methyl sites for hydroxylation is 2. The highest BCUT2D eigenvalue weighted by atomic mass is 32.1. The van der Waals surface area contributed by atoms with E-state index in [9.17, 15) is 4.79 Å². The highest BCUT2D eigenvalue weighted by Gasteiger charge is 2.46. The van der Waals surface area contributed by atoms with Crippen LogP contribution in [0.25, 0.3) is 10.6 Å². The maximum Gasteiger partial charge on any atom is 0.246 e. The number of rotatable bonds is 3. The summed E-state index contributed by atoms with van der Waals surface area (Å²) < 4.78 is 0. The zero-order valence-corrected chi connectivity index (χ0v) is 12.3. The van der Waals surface area contributed by atoms with E-state index in [-0.39, 0.29) is 5.91 Å². The van der Waals surface area contributed by atoms with Crippen molar-refractivity contribution in [1.82, 2.24) is 10.2 Å². The molecular weight excluding hydrogens is 272 g/mol. The lowest BCUT2D eigenvalue weighted by Gasteiger charge is -2.06. The van der Waals surface area contributed by atoms with Gasteiger partial charge in [0, 0.05) is 5.56 Å². The lowest BCUT2D eigenvalue weighted by molar-refractivity contribution is -0.118. The second-order valence-electron chi connectivity index (χ2n) is 5.40. The first kappa shape index (κ1) is 13.2. The van der Waals surface area contributed by atoms with Crippen molar-refractivity contribution in [3.05, 3.63) is 29.3 Å². The predicted octanol–water partition coefficient (Wildman–Crippen LogP) is 2.25. The van der Waals surface area contributed by atoms with Crippen molar-refractivity contribution in [1.29, 1.82) is 0 Å². The SMILES string of the molecule is Cc1cc(C)cc(-c2nnc(NC(=O)C3(N)CC3)s2)c1. The fraction of sp³-hybridized carbons (Fsp3) is 0.357. The molecule has 3 rings (SSSR count). The molecule has 6 heteroatoms. The zero-order chi connectivity index (χ0) is 14.3. The first-order valence-corrected chi connectivity index (χ1v) is 7.30. The Morgan fingerprint density at radius 3 is 2.50 bits per heavy atom. The van der Waals surface area contributed by atoms with E-state index in [2.05, 4.69) is 33.7 Å². The standard InChI is InChI=1S/C14H16N4OS/c1-8-5-9(2)7-10(6-8)11-17-18-13(20-11)16-12(19)14(15)3-4-14/h5-7H,3-4,15H2,1-2H3,(H,16,18,19). The topological polar surface area (TPSA) is 80.9 Å². The van der Waals surface area contributed by atoms with Crippen molar-refractivity contribution < 1.29 is 4.79 Å². The summed E-state index contributed by atoms with van der Waals surface area (Å²) in [6, 6.07) is 6.23. The van der Waals surface area contributed by atoms with E-state index in [0.29, 0.717) is 5.13 Å². The van der Waals surface area contributed by atoms with Crippen LogP contribution in [0, 0.1) is 13.8 Å². The van der Waals surface area contributed by atoms with Crippen LogP contribution in [0.15, 0.2) is 18.2 Å². The van der Waals surface area contributed by atoms with Gasteiger partial charge in [-0.3, -0.25) is 10.1 Å². The molecule has 1 aliphatic rings.